The topological polar surface area (TPSA) is 67.1 Å². The maximum atomic E-state index is 14.9. The van der Waals surface area contributed by atoms with Crippen LogP contribution in [0.1, 0.15) is 34.2 Å². The lowest BCUT2D eigenvalue weighted by Gasteiger charge is -2.30. The number of hydrogen-bond donors (Lipinski definition) is 2. The number of aliphatic hydroxyl groups is 1. The van der Waals surface area contributed by atoms with Gasteiger partial charge >= 0.3 is 0 Å². The molecule has 4 rings (SSSR count). The highest BCUT2D eigenvalue weighted by atomic mass is 19.1. The first-order valence-electron chi connectivity index (χ1n) is 9.87. The molecule has 7 heteroatoms. The highest BCUT2D eigenvalue weighted by molar-refractivity contribution is 5.97. The maximum Gasteiger partial charge on any atom is 0.251 e. The van der Waals surface area contributed by atoms with Gasteiger partial charge in [-0.05, 0) is 37.3 Å². The van der Waals surface area contributed by atoms with Gasteiger partial charge < -0.3 is 15.0 Å². The zero-order valence-electron chi connectivity index (χ0n) is 17.1. The summed E-state index contributed by atoms with van der Waals surface area (Å²) >= 11 is 0. The van der Waals surface area contributed by atoms with Crippen LogP contribution in [0.15, 0.2) is 66.7 Å². The van der Waals surface area contributed by atoms with Gasteiger partial charge in [-0.1, -0.05) is 36.4 Å². The summed E-state index contributed by atoms with van der Waals surface area (Å²) in [6.45, 7) is 2.19. The molecule has 0 aliphatic heterocycles. The predicted octanol–water partition coefficient (Wildman–Crippen LogP) is 3.98. The number of aromatic nitrogens is 2. The second-order valence-electron chi connectivity index (χ2n) is 7.13. The number of hydrogen-bond acceptors (Lipinski definition) is 3. The molecule has 1 heterocycles. The molecule has 0 saturated heterocycles. The quantitative estimate of drug-likeness (QED) is 0.512. The smallest absolute Gasteiger partial charge is 0.251 e. The van der Waals surface area contributed by atoms with Crippen molar-refractivity contribution in [2.75, 3.05) is 7.05 Å². The summed E-state index contributed by atoms with van der Waals surface area (Å²) in [6.07, 6.45) is 0. The number of imidazole rings is 1. The van der Waals surface area contributed by atoms with Crippen LogP contribution in [0.5, 0.6) is 0 Å². The number of carbonyl (C=O) groups is 1. The number of aryl methyl sites for hydroxylation is 1. The molecule has 0 aliphatic rings. The second kappa shape index (κ2) is 7.92. The molecule has 0 saturated carbocycles. The first-order valence-corrected chi connectivity index (χ1v) is 9.87. The van der Waals surface area contributed by atoms with Gasteiger partial charge in [-0.25, -0.2) is 13.8 Å². The summed E-state index contributed by atoms with van der Waals surface area (Å²) in [5, 5.41) is 14.6. The van der Waals surface area contributed by atoms with Crippen LogP contribution in [-0.2, 0) is 12.1 Å². The van der Waals surface area contributed by atoms with Crippen LogP contribution < -0.4 is 5.32 Å². The van der Waals surface area contributed by atoms with E-state index in [1.54, 1.807) is 34.9 Å². The Morgan fingerprint density at radius 2 is 1.61 bits per heavy atom. The van der Waals surface area contributed by atoms with Crippen LogP contribution in [0.25, 0.3) is 11.0 Å². The van der Waals surface area contributed by atoms with Crippen molar-refractivity contribution in [2.45, 2.75) is 19.1 Å². The molecule has 158 valence electrons. The average Bonchev–Trinajstić information content (AvgIpc) is 3.17. The van der Waals surface area contributed by atoms with E-state index in [-0.39, 0.29) is 22.9 Å². The number of nitrogens with zero attached hydrogens (tertiary/aromatic N) is 2. The number of fused-ring (bicyclic) bond motifs is 1. The van der Waals surface area contributed by atoms with Gasteiger partial charge in [0.25, 0.3) is 5.91 Å². The highest BCUT2D eigenvalue weighted by Gasteiger charge is 2.42. The Balaban J connectivity index is 2.08. The van der Waals surface area contributed by atoms with Gasteiger partial charge in [-0.15, -0.1) is 0 Å². The Morgan fingerprint density at radius 1 is 1.03 bits per heavy atom. The standard InChI is InChI=1S/C24H21F2N3O2/c1-3-29-21-14-15(22(30)27-2)12-13-20(21)28-23(29)24(31,16-8-4-6-10-18(16)25)17-9-5-7-11-19(17)26/h4-14,31H,3H2,1-2H3,(H,27,30). The van der Waals surface area contributed by atoms with E-state index in [0.29, 0.717) is 23.1 Å². The molecule has 0 spiro atoms. The third-order valence-electron chi connectivity index (χ3n) is 5.40. The Kier molecular flexibility index (Phi) is 5.29. The molecule has 0 fully saturated rings. The van der Waals surface area contributed by atoms with Crippen molar-refractivity contribution in [1.29, 1.82) is 0 Å². The molecule has 1 amide bonds. The van der Waals surface area contributed by atoms with Gasteiger partial charge in [0.2, 0.25) is 0 Å². The zero-order chi connectivity index (χ0) is 22.2. The van der Waals surface area contributed by atoms with Gasteiger partial charge in [0, 0.05) is 30.3 Å². The third-order valence-corrected chi connectivity index (χ3v) is 5.40. The number of amides is 1. The van der Waals surface area contributed by atoms with Gasteiger partial charge in [0.1, 0.15) is 11.6 Å². The normalized spacial score (nSPS) is 11.6. The Morgan fingerprint density at radius 3 is 2.13 bits per heavy atom. The molecule has 3 aromatic carbocycles. The van der Waals surface area contributed by atoms with Crippen LogP contribution in [-0.4, -0.2) is 27.6 Å². The van der Waals surface area contributed by atoms with Crippen molar-refractivity contribution in [1.82, 2.24) is 14.9 Å². The lowest BCUT2D eigenvalue weighted by molar-refractivity contribution is 0.0963. The van der Waals surface area contributed by atoms with E-state index in [0.717, 1.165) is 0 Å². The van der Waals surface area contributed by atoms with E-state index in [2.05, 4.69) is 10.3 Å². The maximum absolute atomic E-state index is 14.9. The first-order chi connectivity index (χ1) is 14.9. The summed E-state index contributed by atoms with van der Waals surface area (Å²) in [5.41, 5.74) is -0.941. The van der Waals surface area contributed by atoms with Crippen molar-refractivity contribution in [3.63, 3.8) is 0 Å². The summed E-state index contributed by atoms with van der Waals surface area (Å²) in [7, 11) is 1.53. The average molecular weight is 421 g/mol. The second-order valence-corrected chi connectivity index (χ2v) is 7.13. The van der Waals surface area contributed by atoms with Crippen molar-refractivity contribution in [3.8, 4) is 0 Å². The molecular weight excluding hydrogens is 400 g/mol. The van der Waals surface area contributed by atoms with Crippen molar-refractivity contribution in [2.24, 2.45) is 0 Å². The van der Waals surface area contributed by atoms with Crippen LogP contribution >= 0.6 is 0 Å². The van der Waals surface area contributed by atoms with Gasteiger partial charge in [-0.2, -0.15) is 0 Å². The number of benzene rings is 3. The SMILES string of the molecule is CCn1c(C(O)(c2ccccc2F)c2ccccc2F)nc2ccc(C(=O)NC)cc21. The van der Waals surface area contributed by atoms with Gasteiger partial charge in [0.15, 0.2) is 11.4 Å². The first kappa shape index (κ1) is 20.7. The lowest BCUT2D eigenvalue weighted by Crippen LogP contribution is -2.34. The third kappa shape index (κ3) is 3.27. The van der Waals surface area contributed by atoms with Crippen molar-refractivity contribution < 1.29 is 18.7 Å². The molecule has 0 radical (unpaired) electrons. The Hall–Kier alpha value is -3.58. The van der Waals surface area contributed by atoms with E-state index in [4.69, 9.17) is 0 Å². The van der Waals surface area contributed by atoms with E-state index >= 15 is 0 Å². The molecule has 0 bridgehead atoms. The van der Waals surface area contributed by atoms with E-state index in [1.807, 2.05) is 6.92 Å². The fraction of sp³-hybridized carbons (Fsp3) is 0.167. The van der Waals surface area contributed by atoms with E-state index in [1.165, 1.54) is 43.4 Å². The number of halogens is 2. The Labute approximate surface area is 178 Å². The Bertz CT molecular complexity index is 1240. The molecule has 5 nitrogen and oxygen atoms in total. The van der Waals surface area contributed by atoms with Crippen molar-refractivity contribution >= 4 is 16.9 Å². The number of carbonyl (C=O) groups excluding carboxylic acids is 1. The van der Waals surface area contributed by atoms with Crippen LogP contribution in [0.3, 0.4) is 0 Å². The van der Waals surface area contributed by atoms with Crippen molar-refractivity contribution in [3.05, 3.63) is 101 Å². The highest BCUT2D eigenvalue weighted by Crippen LogP contribution is 2.40. The fourth-order valence-electron chi connectivity index (χ4n) is 3.90. The molecule has 4 aromatic rings. The van der Waals surface area contributed by atoms with Gasteiger partial charge in [-0.3, -0.25) is 4.79 Å². The monoisotopic (exact) mass is 421 g/mol. The van der Waals surface area contributed by atoms with E-state index < -0.39 is 17.2 Å². The minimum Gasteiger partial charge on any atom is -0.373 e. The lowest BCUT2D eigenvalue weighted by atomic mass is 9.84. The van der Waals surface area contributed by atoms with E-state index in [9.17, 15) is 18.7 Å². The summed E-state index contributed by atoms with van der Waals surface area (Å²) < 4.78 is 31.5. The minimum atomic E-state index is -2.20. The van der Waals surface area contributed by atoms with Gasteiger partial charge in [0.05, 0.1) is 11.0 Å². The zero-order valence-corrected chi connectivity index (χ0v) is 17.1. The van der Waals surface area contributed by atoms with Crippen LogP contribution in [0, 0.1) is 11.6 Å². The number of rotatable bonds is 5. The summed E-state index contributed by atoms with van der Waals surface area (Å²) in [5.74, 6) is -1.58. The molecule has 0 unspecified atom stereocenters. The number of nitrogens with one attached hydrogen (secondary N) is 1. The predicted molar refractivity (Wildman–Crippen MR) is 114 cm³/mol. The molecule has 2 N–H and O–H groups in total. The molecule has 31 heavy (non-hydrogen) atoms. The molecular formula is C24H21F2N3O2. The minimum absolute atomic E-state index is 0.0641. The van der Waals surface area contributed by atoms with Crippen LogP contribution in [0.4, 0.5) is 8.78 Å². The fourth-order valence-corrected chi connectivity index (χ4v) is 3.90. The summed E-state index contributed by atoms with van der Waals surface area (Å²) in [4.78, 5) is 16.7. The molecule has 0 atom stereocenters. The molecule has 0 aliphatic carbocycles. The molecule has 1 aromatic heterocycles. The van der Waals surface area contributed by atoms with Crippen LogP contribution in [0.2, 0.25) is 0 Å². The summed E-state index contributed by atoms with van der Waals surface area (Å²) in [6, 6.07) is 16.3. The largest absolute Gasteiger partial charge is 0.373 e.